The van der Waals surface area contributed by atoms with Crippen LogP contribution in [0.25, 0.3) is 16.9 Å². The number of fused-ring (bicyclic) bond motifs is 2. The van der Waals surface area contributed by atoms with Crippen LogP contribution >= 0.6 is 27.3 Å². The van der Waals surface area contributed by atoms with Gasteiger partial charge in [0.25, 0.3) is 5.91 Å². The highest BCUT2D eigenvalue weighted by atomic mass is 79.9. The van der Waals surface area contributed by atoms with Gasteiger partial charge in [-0.15, -0.1) is 11.3 Å². The Labute approximate surface area is 228 Å². The van der Waals surface area contributed by atoms with Gasteiger partial charge in [-0.2, -0.15) is 18.3 Å². The molecule has 0 unspecified atom stereocenters. The lowest BCUT2D eigenvalue weighted by Crippen LogP contribution is -2.17. The number of hydrogen-bond acceptors (Lipinski definition) is 6. The third kappa shape index (κ3) is 4.94. The molecule has 198 valence electrons. The number of hydrogen-bond donors (Lipinski definition) is 1. The van der Waals surface area contributed by atoms with Crippen molar-refractivity contribution in [1.29, 1.82) is 0 Å². The highest BCUT2D eigenvalue weighted by Crippen LogP contribution is 2.39. The molecule has 0 radical (unpaired) electrons. The molecule has 1 aliphatic carbocycles. The van der Waals surface area contributed by atoms with Gasteiger partial charge in [0.1, 0.15) is 5.00 Å². The van der Waals surface area contributed by atoms with Crippen LogP contribution in [0.1, 0.15) is 63.2 Å². The fourth-order valence-corrected chi connectivity index (χ4v) is 6.30. The smallest absolute Gasteiger partial charge is 0.433 e. The van der Waals surface area contributed by atoms with Crippen LogP contribution in [-0.4, -0.2) is 33.1 Å². The lowest BCUT2D eigenvalue weighted by molar-refractivity contribution is -0.142. The number of ether oxygens (including phenoxy) is 1. The van der Waals surface area contributed by atoms with E-state index in [0.29, 0.717) is 27.1 Å². The summed E-state index contributed by atoms with van der Waals surface area (Å²) in [5.41, 5.74) is 0.230. The summed E-state index contributed by atoms with van der Waals surface area (Å²) in [6, 6.07) is 9.34. The summed E-state index contributed by atoms with van der Waals surface area (Å²) in [4.78, 5) is 31.6. The molecule has 5 rings (SSSR count). The fourth-order valence-electron chi connectivity index (χ4n) is 4.51. The van der Waals surface area contributed by atoms with Gasteiger partial charge in [-0.3, -0.25) is 4.79 Å². The molecule has 12 heteroatoms. The zero-order valence-electron chi connectivity index (χ0n) is 20.2. The van der Waals surface area contributed by atoms with Crippen LogP contribution in [0.15, 0.2) is 40.9 Å². The molecule has 0 fully saturated rings. The van der Waals surface area contributed by atoms with Crippen molar-refractivity contribution < 1.29 is 27.5 Å². The monoisotopic (exact) mass is 606 g/mol. The first-order valence-corrected chi connectivity index (χ1v) is 13.6. The van der Waals surface area contributed by atoms with E-state index in [4.69, 9.17) is 4.74 Å². The van der Waals surface area contributed by atoms with Crippen molar-refractivity contribution in [2.45, 2.75) is 45.2 Å². The van der Waals surface area contributed by atoms with Crippen LogP contribution in [-0.2, 0) is 23.8 Å². The summed E-state index contributed by atoms with van der Waals surface area (Å²) in [6.07, 6.45) is -0.365. The van der Waals surface area contributed by atoms with E-state index < -0.39 is 23.7 Å². The predicted octanol–water partition coefficient (Wildman–Crippen LogP) is 6.94. The van der Waals surface area contributed by atoms with Crippen molar-refractivity contribution >= 4 is 49.8 Å². The van der Waals surface area contributed by atoms with E-state index in [1.165, 1.54) is 11.3 Å². The average molecular weight is 607 g/mol. The van der Waals surface area contributed by atoms with Gasteiger partial charge in [0.2, 0.25) is 0 Å². The molecule has 1 N–H and O–H groups in total. The largest absolute Gasteiger partial charge is 0.462 e. The van der Waals surface area contributed by atoms with E-state index >= 15 is 0 Å². The zero-order valence-corrected chi connectivity index (χ0v) is 22.6. The molecular weight excluding hydrogens is 585 g/mol. The van der Waals surface area contributed by atoms with E-state index in [9.17, 15) is 22.8 Å². The lowest BCUT2D eigenvalue weighted by Gasteiger charge is -2.11. The predicted molar refractivity (Wildman–Crippen MR) is 141 cm³/mol. The normalized spacial score (nSPS) is 13.7. The SMILES string of the molecule is CCOC(=O)c1c(NC(=O)c2nn3c(C(F)(F)F)cc(-c4ccccc4)nc3c2Br)sc2c1CCCCC2. The van der Waals surface area contributed by atoms with Crippen molar-refractivity contribution in [3.05, 3.63) is 68.3 Å². The molecule has 0 saturated heterocycles. The number of benzene rings is 1. The number of thiophene rings is 1. The Balaban J connectivity index is 1.58. The minimum Gasteiger partial charge on any atom is -0.462 e. The second kappa shape index (κ2) is 10.5. The molecule has 3 heterocycles. The number of nitrogens with zero attached hydrogens (tertiary/aromatic N) is 3. The number of carbonyl (C=O) groups is 2. The maximum absolute atomic E-state index is 14.0. The lowest BCUT2D eigenvalue weighted by atomic mass is 10.1. The number of amides is 1. The third-order valence-corrected chi connectivity index (χ3v) is 8.17. The summed E-state index contributed by atoms with van der Waals surface area (Å²) in [5.74, 6) is -1.30. The van der Waals surface area contributed by atoms with Gasteiger partial charge < -0.3 is 10.1 Å². The van der Waals surface area contributed by atoms with Crippen LogP contribution in [0.3, 0.4) is 0 Å². The Hall–Kier alpha value is -3.25. The van der Waals surface area contributed by atoms with Crippen LogP contribution < -0.4 is 5.32 Å². The molecule has 0 spiro atoms. The topological polar surface area (TPSA) is 85.6 Å². The van der Waals surface area contributed by atoms with Crippen LogP contribution in [0.5, 0.6) is 0 Å². The molecule has 0 bridgehead atoms. The number of anilines is 1. The Bertz CT molecular complexity index is 1530. The number of rotatable bonds is 5. The third-order valence-electron chi connectivity index (χ3n) is 6.24. The van der Waals surface area contributed by atoms with E-state index in [2.05, 4.69) is 31.3 Å². The number of nitrogens with one attached hydrogen (secondary N) is 1. The molecule has 1 aliphatic rings. The molecule has 3 aromatic heterocycles. The van der Waals surface area contributed by atoms with Crippen LogP contribution in [0.4, 0.5) is 18.2 Å². The number of esters is 1. The van der Waals surface area contributed by atoms with Gasteiger partial charge >= 0.3 is 12.1 Å². The molecule has 38 heavy (non-hydrogen) atoms. The summed E-state index contributed by atoms with van der Waals surface area (Å²) in [6.45, 7) is 1.87. The molecule has 0 atom stereocenters. The highest BCUT2D eigenvalue weighted by molar-refractivity contribution is 9.10. The number of alkyl halides is 3. The summed E-state index contributed by atoms with van der Waals surface area (Å²) >= 11 is 4.54. The number of aromatic nitrogens is 3. The Morgan fingerprint density at radius 2 is 1.89 bits per heavy atom. The van der Waals surface area contributed by atoms with Gasteiger partial charge in [-0.05, 0) is 60.2 Å². The number of halogens is 4. The maximum atomic E-state index is 14.0. The van der Waals surface area contributed by atoms with E-state index in [-0.39, 0.29) is 28.1 Å². The summed E-state index contributed by atoms with van der Waals surface area (Å²) in [7, 11) is 0. The highest BCUT2D eigenvalue weighted by Gasteiger charge is 2.37. The molecule has 1 amide bonds. The molecular formula is C26H22BrF3N4O3S. The number of aryl methyl sites for hydroxylation is 1. The first kappa shape index (κ1) is 26.4. The fraction of sp³-hybridized carbons (Fsp3) is 0.308. The van der Waals surface area contributed by atoms with Gasteiger partial charge in [-0.1, -0.05) is 36.8 Å². The van der Waals surface area contributed by atoms with Crippen molar-refractivity contribution in [2.24, 2.45) is 0 Å². The Kier molecular flexibility index (Phi) is 7.28. The zero-order chi connectivity index (χ0) is 27.0. The molecule has 7 nitrogen and oxygen atoms in total. The first-order valence-electron chi connectivity index (χ1n) is 12.0. The van der Waals surface area contributed by atoms with Crippen LogP contribution in [0, 0.1) is 0 Å². The average Bonchev–Trinajstić information content (AvgIpc) is 3.30. The Morgan fingerprint density at radius 3 is 2.61 bits per heavy atom. The van der Waals surface area contributed by atoms with Crippen molar-refractivity contribution in [2.75, 3.05) is 11.9 Å². The minimum atomic E-state index is -4.76. The first-order chi connectivity index (χ1) is 18.2. The van der Waals surface area contributed by atoms with E-state index in [0.717, 1.165) is 42.2 Å². The van der Waals surface area contributed by atoms with E-state index in [1.54, 1.807) is 37.3 Å². The van der Waals surface area contributed by atoms with Gasteiger partial charge in [0.15, 0.2) is 17.0 Å². The Morgan fingerprint density at radius 1 is 1.16 bits per heavy atom. The van der Waals surface area contributed by atoms with Gasteiger partial charge in [-0.25, -0.2) is 14.3 Å². The van der Waals surface area contributed by atoms with Gasteiger partial charge in [0.05, 0.1) is 22.3 Å². The molecule has 0 saturated carbocycles. The van der Waals surface area contributed by atoms with Crippen molar-refractivity contribution in [3.8, 4) is 11.3 Å². The molecule has 0 aliphatic heterocycles. The van der Waals surface area contributed by atoms with E-state index in [1.807, 2.05) is 0 Å². The number of carbonyl (C=O) groups excluding carboxylic acids is 2. The molecule has 1 aromatic carbocycles. The summed E-state index contributed by atoms with van der Waals surface area (Å²) in [5, 5.41) is 7.00. The standard InChI is InChI=1S/C26H22BrF3N4O3S/c1-2-37-25(36)19-15-11-7-4-8-12-17(15)38-24(19)32-23(35)21-20(27)22-31-16(14-9-5-3-6-10-14)13-18(26(28,29)30)34(22)33-21/h3,5-6,9-10,13H,2,4,7-8,11-12H2,1H3,(H,32,35). The van der Waals surface area contributed by atoms with Crippen molar-refractivity contribution in [1.82, 2.24) is 14.6 Å². The maximum Gasteiger partial charge on any atom is 0.433 e. The molecule has 4 aromatic rings. The van der Waals surface area contributed by atoms with Gasteiger partial charge in [0, 0.05) is 10.4 Å². The minimum absolute atomic E-state index is 0.00841. The quantitative estimate of drug-likeness (QED) is 0.196. The summed E-state index contributed by atoms with van der Waals surface area (Å²) < 4.78 is 48.0. The van der Waals surface area contributed by atoms with Crippen LogP contribution in [0.2, 0.25) is 0 Å². The second-order valence-electron chi connectivity index (χ2n) is 8.73. The van der Waals surface area contributed by atoms with Crippen molar-refractivity contribution in [3.63, 3.8) is 0 Å². The second-order valence-corrected chi connectivity index (χ2v) is 10.6.